The normalized spacial score (nSPS) is 19.1. The van der Waals surface area contributed by atoms with Crippen molar-refractivity contribution in [1.82, 2.24) is 0 Å². The average Bonchev–Trinajstić information content (AvgIpc) is 2.28. The molecule has 1 aliphatic rings. The zero-order valence-corrected chi connectivity index (χ0v) is 7.45. The van der Waals surface area contributed by atoms with Crippen LogP contribution in [0.5, 0.6) is 0 Å². The van der Waals surface area contributed by atoms with Crippen LogP contribution >= 0.6 is 0 Å². The van der Waals surface area contributed by atoms with Gasteiger partial charge in [0, 0.05) is 18.9 Å². The third-order valence-corrected chi connectivity index (χ3v) is 2.04. The summed E-state index contributed by atoms with van der Waals surface area (Å²) in [7, 11) is 0. The maximum atomic E-state index is 11.0. The Balaban J connectivity index is 2.91. The molecule has 2 N–H and O–H groups in total. The minimum Gasteiger partial charge on any atom is -0.449 e. The molecule has 0 saturated carbocycles. The summed E-state index contributed by atoms with van der Waals surface area (Å²) in [6.45, 7) is 7.21. The van der Waals surface area contributed by atoms with Crippen molar-refractivity contribution < 1.29 is 9.53 Å². The minimum atomic E-state index is -0.722. The molecule has 0 atom stereocenters. The van der Waals surface area contributed by atoms with E-state index in [9.17, 15) is 4.79 Å². The number of cyclic esters (lactones) is 1. The van der Waals surface area contributed by atoms with Crippen molar-refractivity contribution in [3.63, 3.8) is 0 Å². The molecule has 0 bridgehead atoms. The number of carbonyl (C=O) groups is 1. The second kappa shape index (κ2) is 3.47. The topological polar surface area (TPSA) is 52.3 Å². The SMILES string of the molecule is C=CCC1(CC=C)OC(=O)C=C1N. The molecule has 70 valence electrons. The largest absolute Gasteiger partial charge is 0.449 e. The second-order valence-corrected chi connectivity index (χ2v) is 3.00. The predicted molar refractivity (Wildman–Crippen MR) is 50.7 cm³/mol. The lowest BCUT2D eigenvalue weighted by atomic mass is 9.93. The van der Waals surface area contributed by atoms with Gasteiger partial charge in [0.1, 0.15) is 0 Å². The molecule has 13 heavy (non-hydrogen) atoms. The number of hydrogen-bond acceptors (Lipinski definition) is 3. The van der Waals surface area contributed by atoms with E-state index in [-0.39, 0.29) is 5.97 Å². The minimum absolute atomic E-state index is 0.388. The van der Waals surface area contributed by atoms with E-state index >= 15 is 0 Å². The van der Waals surface area contributed by atoms with Crippen molar-refractivity contribution in [3.8, 4) is 0 Å². The Kier molecular flexibility index (Phi) is 2.56. The van der Waals surface area contributed by atoms with Gasteiger partial charge in [-0.1, -0.05) is 12.2 Å². The number of nitrogens with two attached hydrogens (primary N) is 1. The highest BCUT2D eigenvalue weighted by Crippen LogP contribution is 2.32. The van der Waals surface area contributed by atoms with Crippen molar-refractivity contribution in [2.75, 3.05) is 0 Å². The van der Waals surface area contributed by atoms with Gasteiger partial charge in [0.15, 0.2) is 5.60 Å². The van der Waals surface area contributed by atoms with E-state index in [4.69, 9.17) is 10.5 Å². The molecule has 0 aliphatic carbocycles. The summed E-state index contributed by atoms with van der Waals surface area (Å²) < 4.78 is 5.14. The number of esters is 1. The van der Waals surface area contributed by atoms with Gasteiger partial charge in [-0.3, -0.25) is 0 Å². The Hall–Kier alpha value is -1.51. The maximum absolute atomic E-state index is 11.0. The molecule has 0 radical (unpaired) electrons. The lowest BCUT2D eigenvalue weighted by Crippen LogP contribution is -2.34. The van der Waals surface area contributed by atoms with Crippen LogP contribution in [0.3, 0.4) is 0 Å². The molecular weight excluding hydrogens is 166 g/mol. The number of hydrogen-bond donors (Lipinski definition) is 1. The van der Waals surface area contributed by atoms with E-state index in [1.165, 1.54) is 6.08 Å². The summed E-state index contributed by atoms with van der Waals surface area (Å²) in [5.41, 5.74) is 5.43. The monoisotopic (exact) mass is 179 g/mol. The lowest BCUT2D eigenvalue weighted by Gasteiger charge is -2.26. The standard InChI is InChI=1S/C10H13NO2/c1-3-5-10(6-4-2)8(11)7-9(12)13-10/h3-4,7H,1-2,5-6,11H2. The molecule has 0 amide bonds. The molecule has 0 aromatic heterocycles. The first-order chi connectivity index (χ1) is 6.14. The van der Waals surface area contributed by atoms with Crippen molar-refractivity contribution in [3.05, 3.63) is 37.1 Å². The Bertz CT molecular complexity index is 269. The highest BCUT2D eigenvalue weighted by Gasteiger charge is 2.39. The first-order valence-corrected chi connectivity index (χ1v) is 4.07. The van der Waals surface area contributed by atoms with E-state index in [0.29, 0.717) is 18.5 Å². The fourth-order valence-corrected chi connectivity index (χ4v) is 1.41. The average molecular weight is 179 g/mol. The van der Waals surface area contributed by atoms with Crippen LogP contribution in [0.25, 0.3) is 0 Å². The highest BCUT2D eigenvalue weighted by molar-refractivity contribution is 5.86. The molecule has 3 heteroatoms. The van der Waals surface area contributed by atoms with Gasteiger partial charge in [0.25, 0.3) is 0 Å². The van der Waals surface area contributed by atoms with Gasteiger partial charge in [-0.2, -0.15) is 0 Å². The predicted octanol–water partition coefficient (Wildman–Crippen LogP) is 1.28. The molecule has 1 aliphatic heterocycles. The van der Waals surface area contributed by atoms with Gasteiger partial charge in [0.2, 0.25) is 0 Å². The third kappa shape index (κ3) is 1.64. The summed E-state index contributed by atoms with van der Waals surface area (Å²) in [6, 6.07) is 0. The van der Waals surface area contributed by atoms with E-state index < -0.39 is 5.60 Å². The maximum Gasteiger partial charge on any atom is 0.333 e. The smallest absolute Gasteiger partial charge is 0.333 e. The van der Waals surface area contributed by atoms with Gasteiger partial charge in [-0.25, -0.2) is 4.79 Å². The summed E-state index contributed by atoms with van der Waals surface area (Å²) in [6.07, 6.45) is 5.72. The molecule has 3 nitrogen and oxygen atoms in total. The van der Waals surface area contributed by atoms with Crippen LogP contribution in [-0.2, 0) is 9.53 Å². The van der Waals surface area contributed by atoms with Gasteiger partial charge in [0.05, 0.1) is 5.70 Å². The summed E-state index contributed by atoms with van der Waals surface area (Å²) in [5, 5.41) is 0. The van der Waals surface area contributed by atoms with Gasteiger partial charge >= 0.3 is 5.97 Å². The van der Waals surface area contributed by atoms with Crippen LogP contribution in [0.1, 0.15) is 12.8 Å². The first kappa shape index (κ1) is 9.58. The van der Waals surface area contributed by atoms with E-state index in [1.807, 2.05) is 0 Å². The fraction of sp³-hybridized carbons (Fsp3) is 0.300. The summed E-state index contributed by atoms with van der Waals surface area (Å²) in [5.74, 6) is -0.388. The molecule has 0 aromatic rings. The van der Waals surface area contributed by atoms with Gasteiger partial charge < -0.3 is 10.5 Å². The van der Waals surface area contributed by atoms with Crippen LogP contribution in [0.4, 0.5) is 0 Å². The van der Waals surface area contributed by atoms with Gasteiger partial charge in [-0.15, -0.1) is 13.2 Å². The fourth-order valence-electron chi connectivity index (χ4n) is 1.41. The zero-order valence-electron chi connectivity index (χ0n) is 7.45. The number of ether oxygens (including phenoxy) is 1. The molecule has 1 heterocycles. The first-order valence-electron chi connectivity index (χ1n) is 4.07. The van der Waals surface area contributed by atoms with Crippen molar-refractivity contribution >= 4 is 5.97 Å². The summed E-state index contributed by atoms with van der Waals surface area (Å²) >= 11 is 0. The van der Waals surface area contributed by atoms with Gasteiger partial charge in [-0.05, 0) is 0 Å². The van der Waals surface area contributed by atoms with E-state index in [1.54, 1.807) is 12.2 Å². The highest BCUT2D eigenvalue weighted by atomic mass is 16.6. The molecular formula is C10H13NO2. The molecule has 0 saturated heterocycles. The van der Waals surface area contributed by atoms with Crippen LogP contribution < -0.4 is 5.73 Å². The Morgan fingerprint density at radius 1 is 1.46 bits per heavy atom. The van der Waals surface area contributed by atoms with Crippen LogP contribution in [0, 0.1) is 0 Å². The lowest BCUT2D eigenvalue weighted by molar-refractivity contribution is -0.145. The third-order valence-electron chi connectivity index (χ3n) is 2.04. The van der Waals surface area contributed by atoms with Crippen LogP contribution in [-0.4, -0.2) is 11.6 Å². The quantitative estimate of drug-likeness (QED) is 0.522. The zero-order chi connectivity index (χ0) is 9.90. The van der Waals surface area contributed by atoms with Crippen molar-refractivity contribution in [2.24, 2.45) is 5.73 Å². The van der Waals surface area contributed by atoms with E-state index in [2.05, 4.69) is 13.2 Å². The second-order valence-electron chi connectivity index (χ2n) is 3.00. The Labute approximate surface area is 77.6 Å². The van der Waals surface area contributed by atoms with Crippen LogP contribution in [0.15, 0.2) is 37.1 Å². The Morgan fingerprint density at radius 3 is 2.31 bits per heavy atom. The van der Waals surface area contributed by atoms with E-state index in [0.717, 1.165) is 0 Å². The summed E-state index contributed by atoms with van der Waals surface area (Å²) in [4.78, 5) is 11.0. The molecule has 0 fully saturated rings. The van der Waals surface area contributed by atoms with Crippen molar-refractivity contribution in [2.45, 2.75) is 18.4 Å². The van der Waals surface area contributed by atoms with Crippen molar-refractivity contribution in [1.29, 1.82) is 0 Å². The molecule has 0 unspecified atom stereocenters. The molecule has 1 rings (SSSR count). The number of rotatable bonds is 4. The molecule has 0 spiro atoms. The van der Waals surface area contributed by atoms with Crippen LogP contribution in [0.2, 0.25) is 0 Å². The molecule has 0 aromatic carbocycles. The number of carbonyl (C=O) groups excluding carboxylic acids is 1. The Morgan fingerprint density at radius 2 is 2.00 bits per heavy atom.